The predicted octanol–water partition coefficient (Wildman–Crippen LogP) is 3.81. The van der Waals surface area contributed by atoms with Gasteiger partial charge in [0.2, 0.25) is 0 Å². The van der Waals surface area contributed by atoms with E-state index in [9.17, 15) is 0 Å². The van der Waals surface area contributed by atoms with Crippen LogP contribution in [0, 0.1) is 6.92 Å². The van der Waals surface area contributed by atoms with E-state index in [2.05, 4.69) is 52.5 Å². The maximum atomic E-state index is 5.77. The van der Waals surface area contributed by atoms with Gasteiger partial charge in [0.15, 0.2) is 5.65 Å². The Hall–Kier alpha value is -0.723. The largest absolute Gasteiger partial charge is 0.361 e. The van der Waals surface area contributed by atoms with Crippen LogP contribution in [-0.2, 0) is 11.5 Å². The molecule has 2 aromatic rings. The molecule has 2 aromatic heterocycles. The van der Waals surface area contributed by atoms with Crippen molar-refractivity contribution in [2.75, 3.05) is 6.61 Å². The molecule has 0 fully saturated rings. The van der Waals surface area contributed by atoms with Gasteiger partial charge >= 0.3 is 0 Å². The zero-order valence-corrected chi connectivity index (χ0v) is 14.5. The fraction of sp³-hybridized carbons (Fsp3) is 0.538. The van der Waals surface area contributed by atoms with E-state index in [1.54, 1.807) is 12.5 Å². The summed E-state index contributed by atoms with van der Waals surface area (Å²) in [5, 5.41) is 0. The van der Waals surface area contributed by atoms with E-state index in [1.807, 2.05) is 4.57 Å². The second-order valence-electron chi connectivity index (χ2n) is 5.97. The molecule has 2 rings (SSSR count). The second kappa shape index (κ2) is 5.72. The number of ether oxygens (including phenoxy) is 1. The number of pyridine rings is 1. The van der Waals surface area contributed by atoms with Crippen molar-refractivity contribution in [2.24, 2.45) is 0 Å². The Bertz CT molecular complexity index is 577. The normalized spacial score (nSPS) is 12.3. The monoisotopic (exact) mass is 341 g/mol. The number of rotatable bonds is 5. The number of imidazole rings is 1. The van der Waals surface area contributed by atoms with Gasteiger partial charge in [-0.05, 0) is 34.5 Å². The van der Waals surface area contributed by atoms with E-state index in [0.717, 1.165) is 27.8 Å². The Balaban J connectivity index is 2.07. The lowest BCUT2D eigenvalue weighted by Gasteiger charge is -2.15. The molecule has 0 N–H and O–H groups in total. The molecule has 0 aliphatic heterocycles. The summed E-state index contributed by atoms with van der Waals surface area (Å²) in [5.41, 5.74) is 2.97. The molecule has 0 atom stereocenters. The molecular formula is C13H20BrN3OSi. The summed E-state index contributed by atoms with van der Waals surface area (Å²) in [4.78, 5) is 8.61. The fourth-order valence-corrected chi connectivity index (χ4v) is 2.86. The zero-order valence-electron chi connectivity index (χ0n) is 11.9. The Morgan fingerprint density at radius 3 is 2.74 bits per heavy atom. The molecule has 0 aliphatic carbocycles. The highest BCUT2D eigenvalue weighted by molar-refractivity contribution is 9.10. The van der Waals surface area contributed by atoms with Crippen LogP contribution < -0.4 is 0 Å². The topological polar surface area (TPSA) is 39.9 Å². The Morgan fingerprint density at radius 2 is 2.05 bits per heavy atom. The maximum Gasteiger partial charge on any atom is 0.178 e. The van der Waals surface area contributed by atoms with Crippen LogP contribution in [0.5, 0.6) is 0 Å². The van der Waals surface area contributed by atoms with Crippen LogP contribution in [0.15, 0.2) is 17.0 Å². The molecule has 0 amide bonds. The van der Waals surface area contributed by atoms with Crippen LogP contribution in [0.2, 0.25) is 25.7 Å². The van der Waals surface area contributed by atoms with Crippen molar-refractivity contribution < 1.29 is 4.74 Å². The molecule has 0 saturated carbocycles. The highest BCUT2D eigenvalue weighted by Crippen LogP contribution is 2.23. The molecule has 0 spiro atoms. The molecule has 2 heterocycles. The molecule has 6 heteroatoms. The van der Waals surface area contributed by atoms with Crippen molar-refractivity contribution in [3.8, 4) is 0 Å². The van der Waals surface area contributed by atoms with Gasteiger partial charge in [0.25, 0.3) is 0 Å². The molecule has 0 radical (unpaired) electrons. The lowest BCUT2D eigenvalue weighted by Crippen LogP contribution is -2.22. The van der Waals surface area contributed by atoms with E-state index in [4.69, 9.17) is 4.74 Å². The van der Waals surface area contributed by atoms with Crippen molar-refractivity contribution in [2.45, 2.75) is 39.3 Å². The Labute approximate surface area is 123 Å². The molecule has 0 aromatic carbocycles. The lowest BCUT2D eigenvalue weighted by molar-refractivity contribution is 0.0898. The average Bonchev–Trinajstić information content (AvgIpc) is 2.72. The van der Waals surface area contributed by atoms with E-state index < -0.39 is 8.07 Å². The quantitative estimate of drug-likeness (QED) is 0.613. The molecule has 0 saturated heterocycles. The Morgan fingerprint density at radius 1 is 1.32 bits per heavy atom. The third-order valence-corrected chi connectivity index (χ3v) is 5.56. The third-order valence-electron chi connectivity index (χ3n) is 3.06. The first-order chi connectivity index (χ1) is 8.88. The fourth-order valence-electron chi connectivity index (χ4n) is 1.82. The summed E-state index contributed by atoms with van der Waals surface area (Å²) in [7, 11) is -1.02. The van der Waals surface area contributed by atoms with Crippen LogP contribution in [0.4, 0.5) is 0 Å². The van der Waals surface area contributed by atoms with Crippen molar-refractivity contribution in [3.63, 3.8) is 0 Å². The summed E-state index contributed by atoms with van der Waals surface area (Å²) < 4.78 is 8.80. The van der Waals surface area contributed by atoms with E-state index in [-0.39, 0.29) is 0 Å². The highest BCUT2D eigenvalue weighted by atomic mass is 79.9. The molecule has 4 nitrogen and oxygen atoms in total. The van der Waals surface area contributed by atoms with Crippen LogP contribution in [-0.4, -0.2) is 29.2 Å². The highest BCUT2D eigenvalue weighted by Gasteiger charge is 2.13. The smallest absolute Gasteiger partial charge is 0.178 e. The summed E-state index contributed by atoms with van der Waals surface area (Å²) in [6, 6.07) is 1.18. The number of halogens is 1. The van der Waals surface area contributed by atoms with Gasteiger partial charge in [-0.25, -0.2) is 9.97 Å². The van der Waals surface area contributed by atoms with Gasteiger partial charge in [-0.15, -0.1) is 0 Å². The van der Waals surface area contributed by atoms with E-state index in [0.29, 0.717) is 6.73 Å². The number of nitrogens with zero attached hydrogens (tertiary/aromatic N) is 3. The van der Waals surface area contributed by atoms with Gasteiger partial charge in [-0.2, -0.15) is 0 Å². The van der Waals surface area contributed by atoms with Crippen LogP contribution >= 0.6 is 15.9 Å². The van der Waals surface area contributed by atoms with Crippen LogP contribution in [0.25, 0.3) is 11.2 Å². The average molecular weight is 342 g/mol. The van der Waals surface area contributed by atoms with Gasteiger partial charge in [-0.3, -0.25) is 0 Å². The van der Waals surface area contributed by atoms with Crippen molar-refractivity contribution >= 4 is 35.2 Å². The number of aromatic nitrogens is 3. The van der Waals surface area contributed by atoms with E-state index >= 15 is 0 Å². The molecule has 0 aliphatic rings. The zero-order chi connectivity index (χ0) is 14.0. The molecular weight excluding hydrogens is 322 g/mol. The molecule has 104 valence electrons. The second-order valence-corrected chi connectivity index (χ2v) is 12.4. The standard InChI is InChI=1S/C13H20BrN3OSi/c1-10-11(14)7-15-13-12(10)17(8-16-13)9-18-5-6-19(2,3)4/h7-8H,5-6,9H2,1-4H3. The van der Waals surface area contributed by atoms with Crippen LogP contribution in [0.1, 0.15) is 5.56 Å². The number of fused-ring (bicyclic) bond motifs is 1. The summed E-state index contributed by atoms with van der Waals surface area (Å²) in [5.74, 6) is 0. The predicted molar refractivity (Wildman–Crippen MR) is 84.1 cm³/mol. The first kappa shape index (κ1) is 14.7. The minimum absolute atomic E-state index is 0.542. The van der Waals surface area contributed by atoms with Gasteiger partial charge < -0.3 is 9.30 Å². The molecule has 0 bridgehead atoms. The van der Waals surface area contributed by atoms with Crippen LogP contribution in [0.3, 0.4) is 0 Å². The van der Waals surface area contributed by atoms with Gasteiger partial charge in [0, 0.05) is 25.4 Å². The number of aryl methyl sites for hydroxylation is 1. The number of hydrogen-bond acceptors (Lipinski definition) is 3. The first-order valence-electron chi connectivity index (χ1n) is 6.42. The summed E-state index contributed by atoms with van der Waals surface area (Å²) in [6.07, 6.45) is 3.59. The van der Waals surface area contributed by atoms with E-state index in [1.165, 1.54) is 6.04 Å². The summed E-state index contributed by atoms with van der Waals surface area (Å²) >= 11 is 3.50. The minimum atomic E-state index is -1.02. The SMILES string of the molecule is Cc1c(Br)cnc2ncn(COCC[Si](C)(C)C)c12. The van der Waals surface area contributed by atoms with Gasteiger partial charge in [0.1, 0.15) is 6.73 Å². The summed E-state index contributed by atoms with van der Waals surface area (Å²) in [6.45, 7) is 10.5. The van der Waals surface area contributed by atoms with Crippen molar-refractivity contribution in [3.05, 3.63) is 22.6 Å². The first-order valence-corrected chi connectivity index (χ1v) is 10.9. The Kier molecular flexibility index (Phi) is 4.42. The maximum absolute atomic E-state index is 5.77. The van der Waals surface area contributed by atoms with Gasteiger partial charge in [0.05, 0.1) is 11.8 Å². The van der Waals surface area contributed by atoms with Crippen molar-refractivity contribution in [1.82, 2.24) is 14.5 Å². The molecule has 0 unspecified atom stereocenters. The van der Waals surface area contributed by atoms with Gasteiger partial charge in [-0.1, -0.05) is 19.6 Å². The molecule has 19 heavy (non-hydrogen) atoms. The third kappa shape index (κ3) is 3.64. The lowest BCUT2D eigenvalue weighted by atomic mass is 10.3. The number of hydrogen-bond donors (Lipinski definition) is 0. The minimum Gasteiger partial charge on any atom is -0.361 e. The van der Waals surface area contributed by atoms with Crippen molar-refractivity contribution in [1.29, 1.82) is 0 Å².